The number of anilines is 1. The monoisotopic (exact) mass is 369 g/mol. The molecule has 2 aromatic rings. The molecule has 0 aromatic heterocycles. The average Bonchev–Trinajstić information content (AvgIpc) is 2.91. The van der Waals surface area contributed by atoms with E-state index in [1.165, 1.54) is 79.0 Å². The summed E-state index contributed by atoms with van der Waals surface area (Å²) < 4.78 is 0. The van der Waals surface area contributed by atoms with Gasteiger partial charge < -0.3 is 4.90 Å². The van der Waals surface area contributed by atoms with Crippen molar-refractivity contribution >= 4 is 16.5 Å². The Hall–Kier alpha value is -1.58. The zero-order valence-corrected chi connectivity index (χ0v) is 17.1. The average molecular weight is 370 g/mol. The van der Waals surface area contributed by atoms with Gasteiger partial charge in [-0.2, -0.15) is 0 Å². The second-order valence-corrected chi connectivity index (χ2v) is 7.72. The highest BCUT2D eigenvalue weighted by Crippen LogP contribution is 2.34. The molecule has 0 fully saturated rings. The highest BCUT2D eigenvalue weighted by atomic mass is 17.2. The lowest BCUT2D eigenvalue weighted by Crippen LogP contribution is -2.26. The maximum absolute atomic E-state index is 5.34. The van der Waals surface area contributed by atoms with E-state index in [1.54, 1.807) is 0 Å². The third-order valence-electron chi connectivity index (χ3n) is 5.61. The Bertz CT molecular complexity index is 689. The molecule has 0 aliphatic carbocycles. The molecule has 0 unspecified atom stereocenters. The molecule has 2 aromatic carbocycles. The molecule has 0 amide bonds. The van der Waals surface area contributed by atoms with Crippen molar-refractivity contribution in [1.82, 2.24) is 0 Å². The van der Waals surface area contributed by atoms with Gasteiger partial charge in [0.25, 0.3) is 0 Å². The molecule has 1 aliphatic rings. The highest BCUT2D eigenvalue weighted by Gasteiger charge is 2.17. The summed E-state index contributed by atoms with van der Waals surface area (Å²) in [7, 11) is 0. The summed E-state index contributed by atoms with van der Waals surface area (Å²) in [6, 6.07) is 11.1. The van der Waals surface area contributed by atoms with E-state index in [9.17, 15) is 0 Å². The van der Waals surface area contributed by atoms with Crippen LogP contribution in [0, 0.1) is 0 Å². The predicted molar refractivity (Wildman–Crippen MR) is 114 cm³/mol. The summed E-state index contributed by atoms with van der Waals surface area (Å²) in [5.74, 6) is 0. The Morgan fingerprint density at radius 1 is 0.741 bits per heavy atom. The largest absolute Gasteiger partial charge is 0.371 e. The van der Waals surface area contributed by atoms with Crippen molar-refractivity contribution in [1.29, 1.82) is 0 Å². The van der Waals surface area contributed by atoms with E-state index >= 15 is 0 Å². The van der Waals surface area contributed by atoms with Crippen LogP contribution in [0.2, 0.25) is 0 Å². The van der Waals surface area contributed by atoms with Crippen LogP contribution in [-0.2, 0) is 23.0 Å². The number of rotatable bonds is 11. The van der Waals surface area contributed by atoms with Crippen LogP contribution < -0.4 is 4.90 Å². The third-order valence-corrected chi connectivity index (χ3v) is 5.61. The van der Waals surface area contributed by atoms with Gasteiger partial charge in [-0.15, -0.1) is 0 Å². The normalized spacial score (nSPS) is 13.7. The fourth-order valence-electron chi connectivity index (χ4n) is 4.08. The highest BCUT2D eigenvalue weighted by molar-refractivity contribution is 5.98. The van der Waals surface area contributed by atoms with Gasteiger partial charge in [0.15, 0.2) is 0 Å². The summed E-state index contributed by atoms with van der Waals surface area (Å²) >= 11 is 0. The Balaban J connectivity index is 1.87. The molecule has 27 heavy (non-hydrogen) atoms. The van der Waals surface area contributed by atoms with Gasteiger partial charge in [-0.3, -0.25) is 0 Å². The van der Waals surface area contributed by atoms with E-state index in [4.69, 9.17) is 9.78 Å². The zero-order chi connectivity index (χ0) is 18.9. The molecule has 148 valence electrons. The van der Waals surface area contributed by atoms with Gasteiger partial charge in [0.05, 0.1) is 0 Å². The smallest absolute Gasteiger partial charge is 0.108 e. The maximum atomic E-state index is 5.34. The van der Waals surface area contributed by atoms with Crippen molar-refractivity contribution in [3.8, 4) is 0 Å². The first-order chi connectivity index (χ1) is 13.3. The fraction of sp³-hybridized carbons (Fsp3) is 0.583. The minimum atomic E-state index is 0.529. The van der Waals surface area contributed by atoms with Crippen LogP contribution in [0.25, 0.3) is 10.8 Å². The van der Waals surface area contributed by atoms with Gasteiger partial charge in [0.2, 0.25) is 0 Å². The van der Waals surface area contributed by atoms with Crippen LogP contribution in [0.15, 0.2) is 30.3 Å². The molecule has 0 N–H and O–H groups in total. The van der Waals surface area contributed by atoms with Gasteiger partial charge in [-0.25, -0.2) is 9.78 Å². The number of benzene rings is 2. The minimum absolute atomic E-state index is 0.529. The summed E-state index contributed by atoms with van der Waals surface area (Å²) in [6.45, 7) is 7.92. The first-order valence-electron chi connectivity index (χ1n) is 10.9. The lowest BCUT2D eigenvalue weighted by molar-refractivity contribution is -0.311. The Morgan fingerprint density at radius 3 is 2.00 bits per heavy atom. The summed E-state index contributed by atoms with van der Waals surface area (Å²) in [5, 5.41) is 2.68. The molecular formula is C24H35NO2. The molecule has 0 atom stereocenters. The second kappa shape index (κ2) is 10.7. The predicted octanol–water partition coefficient (Wildman–Crippen LogP) is 6.77. The lowest BCUT2D eigenvalue weighted by atomic mass is 9.97. The standard InChI is InChI=1S/C24H35NO2/c1-3-5-7-9-16-25(17-10-8-6-4-2)23-15-14-21-19-27-26-18-20-12-11-13-22(23)24(20)21/h11-15H,3-10,16-19H2,1-2H3. The first-order valence-corrected chi connectivity index (χ1v) is 10.9. The molecule has 3 nitrogen and oxygen atoms in total. The van der Waals surface area contributed by atoms with Crippen molar-refractivity contribution in [3.05, 3.63) is 41.5 Å². The zero-order valence-electron chi connectivity index (χ0n) is 17.1. The van der Waals surface area contributed by atoms with E-state index < -0.39 is 0 Å². The van der Waals surface area contributed by atoms with Crippen LogP contribution in [0.4, 0.5) is 5.69 Å². The Kier molecular flexibility index (Phi) is 7.97. The summed E-state index contributed by atoms with van der Waals surface area (Å²) in [6.07, 6.45) is 10.4. The summed E-state index contributed by atoms with van der Waals surface area (Å²) in [4.78, 5) is 13.3. The minimum Gasteiger partial charge on any atom is -0.371 e. The van der Waals surface area contributed by atoms with Gasteiger partial charge in [-0.05, 0) is 35.4 Å². The molecule has 0 saturated carbocycles. The second-order valence-electron chi connectivity index (χ2n) is 7.72. The van der Waals surface area contributed by atoms with Crippen LogP contribution in [0.1, 0.15) is 76.3 Å². The van der Waals surface area contributed by atoms with Gasteiger partial charge in [0.1, 0.15) is 13.2 Å². The summed E-state index contributed by atoms with van der Waals surface area (Å²) in [5.41, 5.74) is 3.85. The fourth-order valence-corrected chi connectivity index (χ4v) is 4.08. The third kappa shape index (κ3) is 5.24. The van der Waals surface area contributed by atoms with Crippen molar-refractivity contribution < 1.29 is 9.78 Å². The van der Waals surface area contributed by atoms with Gasteiger partial charge in [0, 0.05) is 24.2 Å². The molecule has 0 spiro atoms. The topological polar surface area (TPSA) is 21.7 Å². The number of nitrogens with zero attached hydrogens (tertiary/aromatic N) is 1. The van der Waals surface area contributed by atoms with E-state index in [1.807, 2.05) is 0 Å². The van der Waals surface area contributed by atoms with E-state index in [2.05, 4.69) is 49.1 Å². The van der Waals surface area contributed by atoms with Crippen LogP contribution in [0.3, 0.4) is 0 Å². The van der Waals surface area contributed by atoms with E-state index in [-0.39, 0.29) is 0 Å². The molecule has 3 heteroatoms. The number of hydrogen-bond acceptors (Lipinski definition) is 3. The maximum Gasteiger partial charge on any atom is 0.108 e. The van der Waals surface area contributed by atoms with Gasteiger partial charge in [-0.1, -0.05) is 76.6 Å². The molecule has 3 rings (SSSR count). The number of hydrogen-bond donors (Lipinski definition) is 0. The van der Waals surface area contributed by atoms with E-state index in [0.29, 0.717) is 13.2 Å². The quantitative estimate of drug-likeness (QED) is 0.322. The van der Waals surface area contributed by atoms with Crippen molar-refractivity contribution in [2.24, 2.45) is 0 Å². The van der Waals surface area contributed by atoms with Crippen LogP contribution in [0.5, 0.6) is 0 Å². The molecule has 0 bridgehead atoms. The molecule has 0 saturated heterocycles. The lowest BCUT2D eigenvalue weighted by Gasteiger charge is -2.27. The van der Waals surface area contributed by atoms with Crippen molar-refractivity contribution in [3.63, 3.8) is 0 Å². The van der Waals surface area contributed by atoms with Crippen molar-refractivity contribution in [2.75, 3.05) is 18.0 Å². The van der Waals surface area contributed by atoms with Crippen molar-refractivity contribution in [2.45, 2.75) is 78.4 Å². The molecular weight excluding hydrogens is 334 g/mol. The Labute approximate surface area is 164 Å². The molecule has 1 aliphatic heterocycles. The SMILES string of the molecule is CCCCCCN(CCCCCC)c1ccc2c3c(cccc13)COOC2. The van der Waals surface area contributed by atoms with Crippen LogP contribution >= 0.6 is 0 Å². The molecule has 1 heterocycles. The first kappa shape index (κ1) is 20.2. The van der Waals surface area contributed by atoms with Gasteiger partial charge >= 0.3 is 0 Å². The van der Waals surface area contributed by atoms with E-state index in [0.717, 1.165) is 13.1 Å². The molecule has 0 radical (unpaired) electrons. The number of unbranched alkanes of at least 4 members (excludes halogenated alkanes) is 6. The Morgan fingerprint density at radius 2 is 1.37 bits per heavy atom. The van der Waals surface area contributed by atoms with Crippen LogP contribution in [-0.4, -0.2) is 13.1 Å².